The van der Waals surface area contributed by atoms with Crippen LogP contribution in [0.25, 0.3) is 11.5 Å². The fourth-order valence-electron chi connectivity index (χ4n) is 2.94. The van der Waals surface area contributed by atoms with Crippen molar-refractivity contribution in [2.45, 2.75) is 72.3 Å². The van der Waals surface area contributed by atoms with Crippen LogP contribution in [-0.2, 0) is 22.2 Å². The summed E-state index contributed by atoms with van der Waals surface area (Å²) in [4.78, 5) is 12.6. The van der Waals surface area contributed by atoms with Crippen molar-refractivity contribution in [3.8, 4) is 11.5 Å². The molecule has 0 bridgehead atoms. The lowest BCUT2D eigenvalue weighted by Gasteiger charge is -2.23. The number of benzene rings is 1. The third kappa shape index (κ3) is 5.14. The highest BCUT2D eigenvalue weighted by Crippen LogP contribution is 2.28. The Kier molecular flexibility index (Phi) is 5.83. The first kappa shape index (κ1) is 21.7. The molecule has 0 atom stereocenters. The van der Waals surface area contributed by atoms with E-state index < -0.39 is 0 Å². The van der Waals surface area contributed by atoms with Gasteiger partial charge in [-0.05, 0) is 39.8 Å². The molecule has 3 rings (SSSR count). The SMILES string of the molecule is Cc1ccc(-c2nnc(CCC(=O)Nc3cc(C(C)(C)C)nn3C(C)(C)C)o2)cc1. The second kappa shape index (κ2) is 8.05. The van der Waals surface area contributed by atoms with E-state index in [9.17, 15) is 4.79 Å². The molecule has 0 aliphatic heterocycles. The van der Waals surface area contributed by atoms with Crippen molar-refractivity contribution in [1.82, 2.24) is 20.0 Å². The number of hydrogen-bond donors (Lipinski definition) is 1. The quantitative estimate of drug-likeness (QED) is 0.650. The van der Waals surface area contributed by atoms with Crippen LogP contribution < -0.4 is 5.32 Å². The van der Waals surface area contributed by atoms with Crippen LogP contribution in [0.4, 0.5) is 5.82 Å². The summed E-state index contributed by atoms with van der Waals surface area (Å²) in [6, 6.07) is 9.83. The van der Waals surface area contributed by atoms with Crippen LogP contribution in [0.1, 0.15) is 65.1 Å². The smallest absolute Gasteiger partial charge is 0.247 e. The molecular weight excluding hydrogens is 378 g/mol. The minimum Gasteiger partial charge on any atom is -0.421 e. The molecule has 1 amide bonds. The molecule has 7 nitrogen and oxygen atoms in total. The van der Waals surface area contributed by atoms with E-state index >= 15 is 0 Å². The molecule has 160 valence electrons. The van der Waals surface area contributed by atoms with Gasteiger partial charge in [0.05, 0.1) is 11.2 Å². The fourth-order valence-corrected chi connectivity index (χ4v) is 2.94. The minimum atomic E-state index is -0.248. The summed E-state index contributed by atoms with van der Waals surface area (Å²) in [5.41, 5.74) is 2.62. The average molecular weight is 410 g/mol. The lowest BCUT2D eigenvalue weighted by molar-refractivity contribution is -0.116. The Morgan fingerprint density at radius 3 is 2.33 bits per heavy atom. The number of hydrogen-bond acceptors (Lipinski definition) is 5. The maximum atomic E-state index is 12.6. The van der Waals surface area contributed by atoms with Gasteiger partial charge >= 0.3 is 0 Å². The van der Waals surface area contributed by atoms with E-state index in [1.165, 1.54) is 5.56 Å². The van der Waals surface area contributed by atoms with Gasteiger partial charge in [0.2, 0.25) is 17.7 Å². The lowest BCUT2D eigenvalue weighted by atomic mass is 9.92. The van der Waals surface area contributed by atoms with E-state index in [0.717, 1.165) is 11.3 Å². The van der Waals surface area contributed by atoms with Gasteiger partial charge in [-0.3, -0.25) is 4.79 Å². The van der Waals surface area contributed by atoms with Crippen molar-refractivity contribution in [3.63, 3.8) is 0 Å². The van der Waals surface area contributed by atoms with E-state index in [0.29, 0.717) is 24.0 Å². The monoisotopic (exact) mass is 409 g/mol. The maximum Gasteiger partial charge on any atom is 0.247 e. The van der Waals surface area contributed by atoms with Crippen molar-refractivity contribution in [3.05, 3.63) is 47.5 Å². The van der Waals surface area contributed by atoms with Gasteiger partial charge in [-0.25, -0.2) is 4.68 Å². The predicted molar refractivity (Wildman–Crippen MR) is 117 cm³/mol. The topological polar surface area (TPSA) is 85.8 Å². The molecule has 0 spiro atoms. The first-order valence-corrected chi connectivity index (χ1v) is 10.2. The molecule has 0 aliphatic rings. The summed E-state index contributed by atoms with van der Waals surface area (Å²) in [5.74, 6) is 1.49. The summed E-state index contributed by atoms with van der Waals surface area (Å²) in [6.45, 7) is 14.5. The van der Waals surface area contributed by atoms with Crippen LogP contribution in [0.2, 0.25) is 0 Å². The molecule has 0 unspecified atom stereocenters. The molecule has 3 aromatic rings. The Morgan fingerprint density at radius 2 is 1.73 bits per heavy atom. The van der Waals surface area contributed by atoms with Crippen LogP contribution in [-0.4, -0.2) is 25.9 Å². The Morgan fingerprint density at radius 1 is 1.07 bits per heavy atom. The Labute approximate surface area is 177 Å². The lowest BCUT2D eigenvalue weighted by Crippen LogP contribution is -2.27. The third-order valence-electron chi connectivity index (χ3n) is 4.71. The first-order valence-electron chi connectivity index (χ1n) is 10.2. The van der Waals surface area contributed by atoms with Crippen LogP contribution in [0.5, 0.6) is 0 Å². The fraction of sp³-hybridized carbons (Fsp3) is 0.478. The summed E-state index contributed by atoms with van der Waals surface area (Å²) in [5, 5.41) is 15.9. The van der Waals surface area contributed by atoms with Crippen LogP contribution in [0.15, 0.2) is 34.7 Å². The number of nitrogens with zero attached hydrogens (tertiary/aromatic N) is 4. The highest BCUT2D eigenvalue weighted by molar-refractivity contribution is 5.90. The van der Waals surface area contributed by atoms with Crippen molar-refractivity contribution < 1.29 is 9.21 Å². The Hall–Kier alpha value is -2.96. The molecule has 0 saturated carbocycles. The van der Waals surface area contributed by atoms with E-state index in [-0.39, 0.29) is 23.3 Å². The van der Waals surface area contributed by atoms with E-state index in [1.807, 2.05) is 41.9 Å². The number of carbonyl (C=O) groups is 1. The number of amides is 1. The second-order valence-corrected chi connectivity index (χ2v) is 9.66. The van der Waals surface area contributed by atoms with Gasteiger partial charge in [0.1, 0.15) is 5.82 Å². The largest absolute Gasteiger partial charge is 0.421 e. The third-order valence-corrected chi connectivity index (χ3v) is 4.71. The van der Waals surface area contributed by atoms with Crippen molar-refractivity contribution in [2.24, 2.45) is 0 Å². The zero-order valence-electron chi connectivity index (χ0n) is 18.9. The number of anilines is 1. The molecule has 2 aromatic heterocycles. The molecule has 0 radical (unpaired) electrons. The van der Waals surface area contributed by atoms with Crippen LogP contribution >= 0.6 is 0 Å². The molecule has 30 heavy (non-hydrogen) atoms. The van der Waals surface area contributed by atoms with E-state index in [4.69, 9.17) is 9.52 Å². The maximum absolute atomic E-state index is 12.6. The van der Waals surface area contributed by atoms with Crippen molar-refractivity contribution in [1.29, 1.82) is 0 Å². The molecule has 1 N–H and O–H groups in total. The number of carbonyl (C=O) groups excluding carboxylic acids is 1. The number of rotatable bonds is 5. The molecule has 0 fully saturated rings. The predicted octanol–water partition coefficient (Wildman–Crippen LogP) is 4.87. The summed E-state index contributed by atoms with van der Waals surface area (Å²) in [6.07, 6.45) is 0.621. The second-order valence-electron chi connectivity index (χ2n) is 9.66. The Bertz CT molecular complexity index is 1020. The standard InChI is InChI=1S/C23H31N5O2/c1-15-8-10-16(11-9-15)21-26-25-20(30-21)13-12-19(29)24-18-14-17(22(2,3)4)27-28(18)23(5,6)7/h8-11,14H,12-13H2,1-7H3,(H,24,29). The average Bonchev–Trinajstić information content (AvgIpc) is 3.27. The first-order chi connectivity index (χ1) is 13.9. The van der Waals surface area contributed by atoms with E-state index in [1.54, 1.807) is 0 Å². The van der Waals surface area contributed by atoms with Gasteiger partial charge < -0.3 is 9.73 Å². The van der Waals surface area contributed by atoms with Gasteiger partial charge in [0.25, 0.3) is 0 Å². The van der Waals surface area contributed by atoms with Crippen molar-refractivity contribution >= 4 is 11.7 Å². The molecule has 0 aliphatic carbocycles. The number of aromatic nitrogens is 4. The van der Waals surface area contributed by atoms with Crippen LogP contribution in [0, 0.1) is 6.92 Å². The molecule has 7 heteroatoms. The minimum absolute atomic E-state index is 0.105. The molecule has 0 saturated heterocycles. The summed E-state index contributed by atoms with van der Waals surface area (Å²) < 4.78 is 7.59. The zero-order valence-corrected chi connectivity index (χ0v) is 18.9. The molecular formula is C23H31N5O2. The number of aryl methyl sites for hydroxylation is 2. The van der Waals surface area contributed by atoms with Gasteiger partial charge in [-0.2, -0.15) is 5.10 Å². The summed E-state index contributed by atoms with van der Waals surface area (Å²) >= 11 is 0. The normalized spacial score (nSPS) is 12.2. The van der Waals surface area contributed by atoms with Gasteiger partial charge in [0, 0.05) is 29.9 Å². The molecule has 1 aromatic carbocycles. The summed E-state index contributed by atoms with van der Waals surface area (Å²) in [7, 11) is 0. The van der Waals surface area contributed by atoms with Gasteiger partial charge in [-0.1, -0.05) is 38.5 Å². The van der Waals surface area contributed by atoms with Gasteiger partial charge in [0.15, 0.2) is 0 Å². The van der Waals surface area contributed by atoms with Crippen LogP contribution in [0.3, 0.4) is 0 Å². The molecule has 2 heterocycles. The van der Waals surface area contributed by atoms with Crippen molar-refractivity contribution in [2.75, 3.05) is 5.32 Å². The zero-order chi connectivity index (χ0) is 22.1. The van der Waals surface area contributed by atoms with E-state index in [2.05, 4.69) is 57.1 Å². The number of nitrogens with one attached hydrogen (secondary N) is 1. The highest BCUT2D eigenvalue weighted by Gasteiger charge is 2.25. The van der Waals surface area contributed by atoms with Gasteiger partial charge in [-0.15, -0.1) is 10.2 Å². The highest BCUT2D eigenvalue weighted by atomic mass is 16.4. The Balaban J connectivity index is 1.67.